The van der Waals surface area contributed by atoms with Gasteiger partial charge in [-0.25, -0.2) is 8.42 Å². The molecule has 0 heterocycles. The van der Waals surface area contributed by atoms with Gasteiger partial charge in [0.05, 0.1) is 10.6 Å². The number of anilines is 1. The van der Waals surface area contributed by atoms with Crippen LogP contribution in [0.4, 0.5) is 5.69 Å². The second kappa shape index (κ2) is 15.4. The Kier molecular flexibility index (Phi) is 11.6. The molecule has 0 aromatic heterocycles. The van der Waals surface area contributed by atoms with Crippen LogP contribution in [0.15, 0.2) is 112 Å². The zero-order valence-corrected chi connectivity index (χ0v) is 28.5. The van der Waals surface area contributed by atoms with Gasteiger partial charge in [0.2, 0.25) is 11.8 Å². The van der Waals surface area contributed by atoms with E-state index in [4.69, 9.17) is 0 Å². The van der Waals surface area contributed by atoms with Crippen molar-refractivity contribution in [1.29, 1.82) is 0 Å². The lowest BCUT2D eigenvalue weighted by molar-refractivity contribution is -0.140. The summed E-state index contributed by atoms with van der Waals surface area (Å²) in [5.41, 5.74) is 3.98. The van der Waals surface area contributed by atoms with Crippen LogP contribution in [0.2, 0.25) is 0 Å². The summed E-state index contributed by atoms with van der Waals surface area (Å²) in [7, 11) is -4.14. The maximum absolute atomic E-state index is 14.6. The highest BCUT2D eigenvalue weighted by atomic mass is 79.9. The molecule has 0 spiro atoms. The molecule has 236 valence electrons. The number of halogens is 1. The molecule has 2 amide bonds. The number of amides is 2. The van der Waals surface area contributed by atoms with Gasteiger partial charge in [-0.1, -0.05) is 89.6 Å². The molecule has 0 radical (unpaired) electrons. The molecule has 2 unspecified atom stereocenters. The van der Waals surface area contributed by atoms with Crippen LogP contribution in [0.25, 0.3) is 0 Å². The van der Waals surface area contributed by atoms with Crippen LogP contribution in [0.5, 0.6) is 0 Å². The number of hydrogen-bond acceptors (Lipinski definition) is 4. The molecule has 0 bridgehead atoms. The Labute approximate surface area is 275 Å². The van der Waals surface area contributed by atoms with Gasteiger partial charge in [-0.2, -0.15) is 0 Å². The van der Waals surface area contributed by atoms with Crippen LogP contribution < -0.4 is 9.62 Å². The summed E-state index contributed by atoms with van der Waals surface area (Å²) in [6.45, 7) is 7.39. The van der Waals surface area contributed by atoms with E-state index < -0.39 is 28.5 Å². The molecular weight excluding hydrogens is 650 g/mol. The first-order valence-corrected chi connectivity index (χ1v) is 17.3. The molecule has 7 nitrogen and oxygen atoms in total. The summed E-state index contributed by atoms with van der Waals surface area (Å²) in [6.07, 6.45) is 0.987. The standard InChI is InChI=1S/C36H40BrN3O4S/c1-5-28(4)38-36(42)34(23-29-12-8-6-9-13-29)39(24-30-17-19-31(37)20-18-30)35(41)25-40(32-21-16-26(2)27(3)22-32)45(43,44)33-14-10-7-11-15-33/h6-22,28,34H,5,23-25H2,1-4H3,(H,38,42). The van der Waals surface area contributed by atoms with E-state index in [9.17, 15) is 18.0 Å². The molecule has 0 fully saturated rings. The third-order valence-electron chi connectivity index (χ3n) is 7.93. The van der Waals surface area contributed by atoms with Gasteiger partial charge < -0.3 is 10.2 Å². The van der Waals surface area contributed by atoms with E-state index in [-0.39, 0.29) is 29.8 Å². The Morgan fingerprint density at radius 1 is 0.822 bits per heavy atom. The highest BCUT2D eigenvalue weighted by molar-refractivity contribution is 9.10. The van der Waals surface area contributed by atoms with E-state index in [1.165, 1.54) is 17.0 Å². The van der Waals surface area contributed by atoms with Crippen molar-refractivity contribution in [3.8, 4) is 0 Å². The largest absolute Gasteiger partial charge is 0.352 e. The number of carbonyl (C=O) groups excluding carboxylic acids is 2. The minimum Gasteiger partial charge on any atom is -0.352 e. The predicted octanol–water partition coefficient (Wildman–Crippen LogP) is 6.82. The Balaban J connectivity index is 1.81. The van der Waals surface area contributed by atoms with Crippen molar-refractivity contribution >= 4 is 43.5 Å². The second-order valence-corrected chi connectivity index (χ2v) is 14.0. The zero-order chi connectivity index (χ0) is 32.6. The van der Waals surface area contributed by atoms with Gasteiger partial charge in [0.15, 0.2) is 0 Å². The molecule has 0 aliphatic rings. The lowest BCUT2D eigenvalue weighted by atomic mass is 10.0. The first kappa shape index (κ1) is 33.9. The van der Waals surface area contributed by atoms with E-state index in [0.29, 0.717) is 5.69 Å². The quantitative estimate of drug-likeness (QED) is 0.167. The van der Waals surface area contributed by atoms with Crippen molar-refractivity contribution < 1.29 is 18.0 Å². The Morgan fingerprint density at radius 3 is 2.04 bits per heavy atom. The summed E-state index contributed by atoms with van der Waals surface area (Å²) in [5, 5.41) is 3.06. The van der Waals surface area contributed by atoms with Gasteiger partial charge in [0, 0.05) is 23.5 Å². The number of sulfonamides is 1. The second-order valence-electron chi connectivity index (χ2n) is 11.3. The molecule has 4 aromatic carbocycles. The number of carbonyl (C=O) groups is 2. The van der Waals surface area contributed by atoms with Crippen molar-refractivity contribution in [3.05, 3.63) is 130 Å². The lowest BCUT2D eigenvalue weighted by Crippen LogP contribution is -2.54. The van der Waals surface area contributed by atoms with Gasteiger partial charge in [0.1, 0.15) is 12.6 Å². The number of benzene rings is 4. The Bertz CT molecular complexity index is 1700. The molecule has 45 heavy (non-hydrogen) atoms. The van der Waals surface area contributed by atoms with Crippen LogP contribution >= 0.6 is 15.9 Å². The molecular formula is C36H40BrN3O4S. The van der Waals surface area contributed by atoms with Gasteiger partial charge in [-0.3, -0.25) is 13.9 Å². The topological polar surface area (TPSA) is 86.8 Å². The fourth-order valence-corrected chi connectivity index (χ4v) is 6.60. The third kappa shape index (κ3) is 8.83. The van der Waals surface area contributed by atoms with Crippen molar-refractivity contribution in [2.45, 2.75) is 64.1 Å². The molecule has 0 saturated heterocycles. The van der Waals surface area contributed by atoms with Crippen molar-refractivity contribution in [1.82, 2.24) is 10.2 Å². The van der Waals surface area contributed by atoms with Crippen LogP contribution in [0.3, 0.4) is 0 Å². The summed E-state index contributed by atoms with van der Waals surface area (Å²) in [4.78, 5) is 30.1. The molecule has 1 N–H and O–H groups in total. The summed E-state index contributed by atoms with van der Waals surface area (Å²) in [6, 6.07) is 29.5. The van der Waals surface area contributed by atoms with Gasteiger partial charge in [0.25, 0.3) is 10.0 Å². The molecule has 0 aliphatic carbocycles. The number of nitrogens with zero attached hydrogens (tertiary/aromatic N) is 2. The van der Waals surface area contributed by atoms with E-state index in [1.54, 1.807) is 30.3 Å². The number of nitrogens with one attached hydrogen (secondary N) is 1. The molecule has 4 rings (SSSR count). The van der Waals surface area contributed by atoms with E-state index in [2.05, 4.69) is 21.2 Å². The summed E-state index contributed by atoms with van der Waals surface area (Å²) >= 11 is 3.47. The monoisotopic (exact) mass is 689 g/mol. The smallest absolute Gasteiger partial charge is 0.264 e. The Morgan fingerprint density at radius 2 is 1.44 bits per heavy atom. The fraction of sp³-hybridized carbons (Fsp3) is 0.278. The first-order valence-electron chi connectivity index (χ1n) is 15.0. The van der Waals surface area contributed by atoms with Crippen LogP contribution in [-0.4, -0.2) is 43.8 Å². The average Bonchev–Trinajstić information content (AvgIpc) is 3.04. The van der Waals surface area contributed by atoms with Crippen molar-refractivity contribution in [2.24, 2.45) is 0 Å². The van der Waals surface area contributed by atoms with E-state index >= 15 is 0 Å². The average molecular weight is 691 g/mol. The van der Waals surface area contributed by atoms with Crippen molar-refractivity contribution in [3.63, 3.8) is 0 Å². The fourth-order valence-electron chi connectivity index (χ4n) is 4.91. The maximum atomic E-state index is 14.6. The molecule has 0 saturated carbocycles. The molecule has 2 atom stereocenters. The summed E-state index contributed by atoms with van der Waals surface area (Å²) in [5.74, 6) is -0.779. The highest BCUT2D eigenvalue weighted by Crippen LogP contribution is 2.27. The zero-order valence-electron chi connectivity index (χ0n) is 26.1. The number of rotatable bonds is 13. The van der Waals surface area contributed by atoms with Crippen LogP contribution in [-0.2, 0) is 32.6 Å². The number of aryl methyl sites for hydroxylation is 2. The van der Waals surface area contributed by atoms with Crippen molar-refractivity contribution in [2.75, 3.05) is 10.8 Å². The van der Waals surface area contributed by atoms with Gasteiger partial charge in [-0.15, -0.1) is 0 Å². The van der Waals surface area contributed by atoms with Gasteiger partial charge in [-0.05, 0) is 85.8 Å². The minimum absolute atomic E-state index is 0.0748. The lowest BCUT2D eigenvalue weighted by Gasteiger charge is -2.34. The van der Waals surface area contributed by atoms with Gasteiger partial charge >= 0.3 is 0 Å². The third-order valence-corrected chi connectivity index (χ3v) is 10.2. The predicted molar refractivity (Wildman–Crippen MR) is 183 cm³/mol. The van der Waals surface area contributed by atoms with E-state index in [1.807, 2.05) is 88.4 Å². The summed E-state index contributed by atoms with van der Waals surface area (Å²) < 4.78 is 30.3. The minimum atomic E-state index is -4.14. The normalized spacial score (nSPS) is 12.6. The SMILES string of the molecule is CCC(C)NC(=O)C(Cc1ccccc1)N(Cc1ccc(Br)cc1)C(=O)CN(c1ccc(C)c(C)c1)S(=O)(=O)c1ccccc1. The first-order chi connectivity index (χ1) is 21.5. The molecule has 0 aliphatic heterocycles. The van der Waals surface area contributed by atoms with Crippen LogP contribution in [0, 0.1) is 13.8 Å². The maximum Gasteiger partial charge on any atom is 0.264 e. The highest BCUT2D eigenvalue weighted by Gasteiger charge is 2.35. The number of hydrogen-bond donors (Lipinski definition) is 1. The van der Waals surface area contributed by atoms with E-state index in [0.717, 1.165) is 37.5 Å². The molecule has 9 heteroatoms. The Hall–Kier alpha value is -3.95. The van der Waals surface area contributed by atoms with Crippen LogP contribution in [0.1, 0.15) is 42.5 Å². The molecule has 4 aromatic rings.